The highest BCUT2D eigenvalue weighted by Crippen LogP contribution is 2.32. The molecule has 1 aliphatic rings. The highest BCUT2D eigenvalue weighted by molar-refractivity contribution is 9.11. The van der Waals surface area contributed by atoms with E-state index < -0.39 is 28.5 Å². The van der Waals surface area contributed by atoms with Crippen LogP contribution in [-0.2, 0) is 35.5 Å². The Morgan fingerprint density at radius 2 is 1.84 bits per heavy atom. The summed E-state index contributed by atoms with van der Waals surface area (Å²) in [5, 5.41) is 2.68. The minimum absolute atomic E-state index is 0.117. The summed E-state index contributed by atoms with van der Waals surface area (Å²) in [7, 11) is -3.60. The molecule has 1 aromatic heterocycles. The number of hydrogen-bond acceptors (Lipinski definition) is 7. The fourth-order valence-electron chi connectivity index (χ4n) is 2.84. The number of amides is 1. The summed E-state index contributed by atoms with van der Waals surface area (Å²) in [6, 6.07) is 6.77. The van der Waals surface area contributed by atoms with Crippen LogP contribution >= 0.6 is 43.2 Å². The summed E-state index contributed by atoms with van der Waals surface area (Å²) in [5.41, 5.74) is 1.55. The zero-order valence-electron chi connectivity index (χ0n) is 16.5. The smallest absolute Gasteiger partial charge is 0.311 e. The molecule has 1 fully saturated rings. The van der Waals surface area contributed by atoms with Crippen molar-refractivity contribution in [2.24, 2.45) is 0 Å². The lowest BCUT2D eigenvalue weighted by atomic mass is 10.2. The zero-order chi connectivity index (χ0) is 22.6. The number of ether oxygens (including phenoxy) is 2. The highest BCUT2D eigenvalue weighted by atomic mass is 79.9. The molecule has 0 saturated carbocycles. The van der Waals surface area contributed by atoms with Gasteiger partial charge in [0, 0.05) is 26.9 Å². The number of thiophene rings is 1. The fourth-order valence-corrected chi connectivity index (χ4v) is 7.36. The molecule has 168 valence electrons. The van der Waals surface area contributed by atoms with Gasteiger partial charge in [0.05, 0.1) is 25.3 Å². The van der Waals surface area contributed by atoms with Crippen molar-refractivity contribution < 1.29 is 27.5 Å². The third-order valence-electron chi connectivity index (χ3n) is 4.33. The molecule has 1 aromatic carbocycles. The topological polar surface area (TPSA) is 102 Å². The molecule has 1 aliphatic heterocycles. The molecule has 31 heavy (non-hydrogen) atoms. The minimum Gasteiger partial charge on any atom is -0.455 e. The molecule has 0 spiro atoms. The third-order valence-corrected chi connectivity index (χ3v) is 9.04. The van der Waals surface area contributed by atoms with Gasteiger partial charge in [-0.15, -0.1) is 11.3 Å². The van der Waals surface area contributed by atoms with Gasteiger partial charge in [-0.25, -0.2) is 8.42 Å². The predicted octanol–water partition coefficient (Wildman–Crippen LogP) is 3.33. The van der Waals surface area contributed by atoms with E-state index in [1.807, 2.05) is 19.1 Å². The molecule has 0 bridgehead atoms. The number of nitrogens with zero attached hydrogens (tertiary/aromatic N) is 1. The van der Waals surface area contributed by atoms with Crippen LogP contribution < -0.4 is 5.32 Å². The molecule has 0 unspecified atom stereocenters. The summed E-state index contributed by atoms with van der Waals surface area (Å²) in [6.45, 7) is 2.81. The molecule has 1 N–H and O–H groups in total. The Labute approximate surface area is 201 Å². The van der Waals surface area contributed by atoms with Crippen molar-refractivity contribution in [3.63, 3.8) is 0 Å². The molecular weight excluding hydrogens is 576 g/mol. The molecule has 0 atom stereocenters. The van der Waals surface area contributed by atoms with E-state index in [2.05, 4.69) is 37.2 Å². The van der Waals surface area contributed by atoms with Gasteiger partial charge in [0.25, 0.3) is 15.9 Å². The number of benzene rings is 1. The SMILES string of the molecule is Cc1cc(Br)c(NC(=O)COC(=O)Cc2ccc(S(=O)(=O)N3CCOCC3)s2)c(Br)c1. The molecule has 0 aliphatic carbocycles. The Kier molecular flexibility index (Phi) is 8.27. The maximum Gasteiger partial charge on any atom is 0.311 e. The molecule has 0 radical (unpaired) electrons. The van der Waals surface area contributed by atoms with Gasteiger partial charge in [-0.1, -0.05) is 0 Å². The molecule has 1 saturated heterocycles. The molecular formula is C19H20Br2N2O6S2. The van der Waals surface area contributed by atoms with Crippen molar-refractivity contribution in [1.82, 2.24) is 4.31 Å². The monoisotopic (exact) mass is 594 g/mol. The Morgan fingerprint density at radius 1 is 1.19 bits per heavy atom. The quantitative estimate of drug-likeness (QED) is 0.493. The number of carbonyl (C=O) groups excluding carboxylic acids is 2. The second-order valence-corrected chi connectivity index (χ2v) is 11.8. The van der Waals surface area contributed by atoms with Gasteiger partial charge in [0.2, 0.25) is 0 Å². The number of anilines is 1. The molecule has 8 nitrogen and oxygen atoms in total. The summed E-state index contributed by atoms with van der Waals surface area (Å²) < 4.78 is 38.5. The molecule has 12 heteroatoms. The van der Waals surface area contributed by atoms with Crippen LogP contribution in [0.3, 0.4) is 0 Å². The minimum atomic E-state index is -3.60. The van der Waals surface area contributed by atoms with Gasteiger partial charge in [-0.2, -0.15) is 4.31 Å². The van der Waals surface area contributed by atoms with Crippen LogP contribution in [0.4, 0.5) is 5.69 Å². The first-order chi connectivity index (χ1) is 14.7. The number of esters is 1. The normalized spacial score (nSPS) is 14.9. The average molecular weight is 596 g/mol. The van der Waals surface area contributed by atoms with Gasteiger partial charge in [0.1, 0.15) is 4.21 Å². The van der Waals surface area contributed by atoms with E-state index in [1.54, 1.807) is 6.07 Å². The maximum atomic E-state index is 12.7. The number of nitrogens with one attached hydrogen (secondary N) is 1. The van der Waals surface area contributed by atoms with Crippen LogP contribution in [0.2, 0.25) is 0 Å². The number of morpholine rings is 1. The van der Waals surface area contributed by atoms with Crippen LogP contribution in [0.5, 0.6) is 0 Å². The maximum absolute atomic E-state index is 12.7. The van der Waals surface area contributed by atoms with Crippen molar-refractivity contribution in [2.75, 3.05) is 38.2 Å². The van der Waals surface area contributed by atoms with Gasteiger partial charge in [0.15, 0.2) is 6.61 Å². The number of rotatable bonds is 7. The van der Waals surface area contributed by atoms with E-state index in [9.17, 15) is 18.0 Å². The van der Waals surface area contributed by atoms with Crippen molar-refractivity contribution in [3.05, 3.63) is 43.7 Å². The summed E-state index contributed by atoms with van der Waals surface area (Å²) in [4.78, 5) is 24.8. The Morgan fingerprint density at radius 3 is 2.48 bits per heavy atom. The van der Waals surface area contributed by atoms with Gasteiger partial charge >= 0.3 is 5.97 Å². The Balaban J connectivity index is 1.53. The predicted molar refractivity (Wildman–Crippen MR) is 124 cm³/mol. The fraction of sp³-hybridized carbons (Fsp3) is 0.368. The van der Waals surface area contributed by atoms with E-state index in [0.717, 1.165) is 16.9 Å². The molecule has 1 amide bonds. The van der Waals surface area contributed by atoms with Crippen molar-refractivity contribution in [2.45, 2.75) is 17.6 Å². The lowest BCUT2D eigenvalue weighted by Gasteiger charge is -2.25. The van der Waals surface area contributed by atoms with E-state index in [-0.39, 0.29) is 10.6 Å². The summed E-state index contributed by atoms with van der Waals surface area (Å²) in [5.74, 6) is -1.10. The van der Waals surface area contributed by atoms with Crippen molar-refractivity contribution >= 4 is 70.8 Å². The first-order valence-corrected chi connectivity index (χ1v) is 13.1. The molecule has 2 heterocycles. The molecule has 3 rings (SSSR count). The lowest BCUT2D eigenvalue weighted by molar-refractivity contribution is -0.146. The van der Waals surface area contributed by atoms with Gasteiger partial charge in [-0.3, -0.25) is 9.59 Å². The third kappa shape index (κ3) is 6.36. The van der Waals surface area contributed by atoms with Gasteiger partial charge in [-0.05, 0) is 68.6 Å². The first-order valence-electron chi connectivity index (χ1n) is 9.24. The summed E-state index contributed by atoms with van der Waals surface area (Å²) in [6.07, 6.45) is -0.117. The van der Waals surface area contributed by atoms with Crippen LogP contribution in [0, 0.1) is 6.92 Å². The number of sulfonamides is 1. The first kappa shape index (κ1) is 24.3. The number of halogens is 2. The molecule has 2 aromatic rings. The second-order valence-electron chi connectivity index (χ2n) is 6.73. The van der Waals surface area contributed by atoms with Crippen LogP contribution in [0.25, 0.3) is 0 Å². The number of aryl methyl sites for hydroxylation is 1. The average Bonchev–Trinajstić information content (AvgIpc) is 3.19. The van der Waals surface area contributed by atoms with E-state index >= 15 is 0 Å². The standard InChI is InChI=1S/C19H20Br2N2O6S2/c1-12-8-14(20)19(15(21)9-12)22-16(24)11-29-17(25)10-13-2-3-18(30-13)31(26,27)23-4-6-28-7-5-23/h2-3,8-9H,4-7,10-11H2,1H3,(H,22,24). The van der Waals surface area contributed by atoms with Crippen LogP contribution in [0.15, 0.2) is 37.4 Å². The van der Waals surface area contributed by atoms with E-state index in [0.29, 0.717) is 45.8 Å². The number of carbonyl (C=O) groups is 2. The lowest BCUT2D eigenvalue weighted by Crippen LogP contribution is -2.40. The van der Waals surface area contributed by atoms with Crippen molar-refractivity contribution in [3.8, 4) is 0 Å². The summed E-state index contributed by atoms with van der Waals surface area (Å²) >= 11 is 7.79. The zero-order valence-corrected chi connectivity index (χ0v) is 21.3. The number of hydrogen-bond donors (Lipinski definition) is 1. The second kappa shape index (κ2) is 10.5. The van der Waals surface area contributed by atoms with Gasteiger partial charge < -0.3 is 14.8 Å². The van der Waals surface area contributed by atoms with Crippen molar-refractivity contribution in [1.29, 1.82) is 0 Å². The highest BCUT2D eigenvalue weighted by Gasteiger charge is 2.28. The van der Waals surface area contributed by atoms with Crippen LogP contribution in [-0.4, -0.2) is 57.5 Å². The Bertz CT molecular complexity index is 1060. The largest absolute Gasteiger partial charge is 0.455 e. The van der Waals surface area contributed by atoms with Crippen LogP contribution in [0.1, 0.15) is 10.4 Å². The van der Waals surface area contributed by atoms with E-state index in [1.165, 1.54) is 10.4 Å². The van der Waals surface area contributed by atoms with E-state index in [4.69, 9.17) is 9.47 Å². The Hall–Kier alpha value is -1.31.